The van der Waals surface area contributed by atoms with Gasteiger partial charge < -0.3 is 0 Å². The number of anilines is 1. The molecule has 1 heterocycles. The van der Waals surface area contributed by atoms with Crippen LogP contribution < -0.4 is 9.62 Å². The van der Waals surface area contributed by atoms with Crippen molar-refractivity contribution in [2.45, 2.75) is 24.7 Å². The van der Waals surface area contributed by atoms with E-state index in [9.17, 15) is 17.6 Å². The zero-order chi connectivity index (χ0) is 17.3. The average molecular weight is 348 g/mol. The number of carbonyl (C=O) groups excluding carboxylic acids is 1. The molecule has 2 aromatic carbocycles. The molecule has 0 spiro atoms. The van der Waals surface area contributed by atoms with Crippen LogP contribution in [0.15, 0.2) is 47.4 Å². The molecule has 0 fully saturated rings. The Hall–Kier alpha value is -2.41. The minimum atomic E-state index is -3.95. The van der Waals surface area contributed by atoms with E-state index in [1.165, 1.54) is 35.2 Å². The fourth-order valence-electron chi connectivity index (χ4n) is 2.72. The SMILES string of the molecule is Cc1ccc(S(=O)(=O)NC(=O)N2CCCc3cc(F)ccc32)cc1. The number of nitrogens with zero attached hydrogens (tertiary/aromatic N) is 1. The minimum Gasteiger partial charge on any atom is -0.293 e. The van der Waals surface area contributed by atoms with Crippen LogP contribution in [0.25, 0.3) is 0 Å². The Kier molecular flexibility index (Phi) is 4.28. The summed E-state index contributed by atoms with van der Waals surface area (Å²) in [7, 11) is -3.95. The second-order valence-corrected chi connectivity index (χ2v) is 7.43. The van der Waals surface area contributed by atoms with Gasteiger partial charge in [-0.3, -0.25) is 4.90 Å². The van der Waals surface area contributed by atoms with E-state index in [1.54, 1.807) is 12.1 Å². The van der Waals surface area contributed by atoms with E-state index in [1.807, 2.05) is 6.92 Å². The van der Waals surface area contributed by atoms with E-state index in [0.29, 0.717) is 30.6 Å². The summed E-state index contributed by atoms with van der Waals surface area (Å²) in [4.78, 5) is 13.8. The largest absolute Gasteiger partial charge is 0.335 e. The third kappa shape index (κ3) is 3.26. The molecule has 0 aromatic heterocycles. The van der Waals surface area contributed by atoms with Gasteiger partial charge in [-0.25, -0.2) is 22.3 Å². The number of aryl methyl sites for hydroxylation is 2. The smallest absolute Gasteiger partial charge is 0.293 e. The van der Waals surface area contributed by atoms with E-state index in [4.69, 9.17) is 0 Å². The Morgan fingerprint density at radius 3 is 2.58 bits per heavy atom. The molecule has 3 rings (SSSR count). The molecule has 2 amide bonds. The molecule has 24 heavy (non-hydrogen) atoms. The summed E-state index contributed by atoms with van der Waals surface area (Å²) in [6.45, 7) is 2.23. The van der Waals surface area contributed by atoms with Crippen LogP contribution in [0, 0.1) is 12.7 Å². The molecule has 0 atom stereocenters. The molecular weight excluding hydrogens is 331 g/mol. The molecule has 0 bridgehead atoms. The number of amides is 2. The molecule has 5 nitrogen and oxygen atoms in total. The summed E-state index contributed by atoms with van der Waals surface area (Å²) in [5.41, 5.74) is 2.16. The number of fused-ring (bicyclic) bond motifs is 1. The molecule has 7 heteroatoms. The zero-order valence-corrected chi connectivity index (χ0v) is 13.9. The second kappa shape index (κ2) is 6.24. The quantitative estimate of drug-likeness (QED) is 0.907. The van der Waals surface area contributed by atoms with Crippen molar-refractivity contribution in [3.8, 4) is 0 Å². The third-order valence-electron chi connectivity index (χ3n) is 3.96. The highest BCUT2D eigenvalue weighted by molar-refractivity contribution is 7.90. The summed E-state index contributed by atoms with van der Waals surface area (Å²) < 4.78 is 40.1. The van der Waals surface area contributed by atoms with Crippen molar-refractivity contribution in [2.75, 3.05) is 11.4 Å². The predicted molar refractivity (Wildman–Crippen MR) is 89.0 cm³/mol. The highest BCUT2D eigenvalue weighted by atomic mass is 32.2. The number of hydrogen-bond acceptors (Lipinski definition) is 3. The minimum absolute atomic E-state index is 0.0257. The van der Waals surface area contributed by atoms with E-state index in [2.05, 4.69) is 4.72 Å². The van der Waals surface area contributed by atoms with Crippen LogP contribution in [0.5, 0.6) is 0 Å². The highest BCUT2D eigenvalue weighted by Gasteiger charge is 2.26. The first-order valence-corrected chi connectivity index (χ1v) is 9.04. The van der Waals surface area contributed by atoms with Gasteiger partial charge in [0.1, 0.15) is 5.82 Å². The third-order valence-corrected chi connectivity index (χ3v) is 5.29. The molecule has 0 saturated heterocycles. The van der Waals surface area contributed by atoms with Crippen molar-refractivity contribution in [3.63, 3.8) is 0 Å². The Balaban J connectivity index is 1.84. The van der Waals surface area contributed by atoms with Gasteiger partial charge in [0, 0.05) is 12.2 Å². The van der Waals surface area contributed by atoms with Crippen molar-refractivity contribution < 1.29 is 17.6 Å². The maximum Gasteiger partial charge on any atom is 0.335 e. The van der Waals surface area contributed by atoms with Crippen molar-refractivity contribution in [1.29, 1.82) is 0 Å². The molecule has 2 aromatic rings. The lowest BCUT2D eigenvalue weighted by Crippen LogP contribution is -2.45. The van der Waals surface area contributed by atoms with E-state index in [-0.39, 0.29) is 10.7 Å². The summed E-state index contributed by atoms with van der Waals surface area (Å²) in [6, 6.07) is 9.64. The van der Waals surface area contributed by atoms with Crippen LogP contribution in [0.1, 0.15) is 17.5 Å². The number of hydrogen-bond donors (Lipinski definition) is 1. The maximum atomic E-state index is 13.3. The number of sulfonamides is 1. The Morgan fingerprint density at radius 1 is 1.17 bits per heavy atom. The topological polar surface area (TPSA) is 66.5 Å². The van der Waals surface area contributed by atoms with Gasteiger partial charge in [0.15, 0.2) is 0 Å². The molecule has 0 saturated carbocycles. The normalized spacial score (nSPS) is 14.2. The average Bonchev–Trinajstić information content (AvgIpc) is 2.54. The number of carbonyl (C=O) groups is 1. The van der Waals surface area contributed by atoms with Crippen LogP contribution in [-0.4, -0.2) is 21.0 Å². The summed E-state index contributed by atoms with van der Waals surface area (Å²) >= 11 is 0. The van der Waals surface area contributed by atoms with Crippen molar-refractivity contribution in [1.82, 2.24) is 4.72 Å². The molecular formula is C17H17FN2O3S. The first kappa shape index (κ1) is 16.4. The van der Waals surface area contributed by atoms with Gasteiger partial charge in [-0.2, -0.15) is 0 Å². The molecule has 1 N–H and O–H groups in total. The lowest BCUT2D eigenvalue weighted by Gasteiger charge is -2.29. The molecule has 0 unspecified atom stereocenters. The molecule has 1 aliphatic rings. The monoisotopic (exact) mass is 348 g/mol. The Bertz CT molecular complexity index is 879. The highest BCUT2D eigenvalue weighted by Crippen LogP contribution is 2.28. The van der Waals surface area contributed by atoms with Crippen molar-refractivity contribution in [2.24, 2.45) is 0 Å². The second-order valence-electron chi connectivity index (χ2n) is 5.75. The van der Waals surface area contributed by atoms with Gasteiger partial charge >= 0.3 is 6.03 Å². The summed E-state index contributed by atoms with van der Waals surface area (Å²) in [6.07, 6.45) is 1.30. The first-order valence-electron chi connectivity index (χ1n) is 7.56. The van der Waals surface area contributed by atoms with Crippen LogP contribution in [0.2, 0.25) is 0 Å². The fraction of sp³-hybridized carbons (Fsp3) is 0.235. The lowest BCUT2D eigenvalue weighted by atomic mass is 10.0. The molecule has 0 radical (unpaired) electrons. The van der Waals surface area contributed by atoms with Crippen LogP contribution in [0.3, 0.4) is 0 Å². The van der Waals surface area contributed by atoms with E-state index >= 15 is 0 Å². The van der Waals surface area contributed by atoms with E-state index in [0.717, 1.165) is 5.56 Å². The fourth-order valence-corrected chi connectivity index (χ4v) is 3.68. The number of urea groups is 1. The summed E-state index contributed by atoms with van der Waals surface area (Å²) in [5, 5.41) is 0. The standard InChI is InChI=1S/C17H17FN2O3S/c1-12-4-7-15(8-5-12)24(22,23)19-17(21)20-10-2-3-13-11-14(18)6-9-16(13)20/h4-9,11H,2-3,10H2,1H3,(H,19,21). The van der Waals surface area contributed by atoms with Gasteiger partial charge in [-0.1, -0.05) is 17.7 Å². The Morgan fingerprint density at radius 2 is 1.88 bits per heavy atom. The number of nitrogens with one attached hydrogen (secondary N) is 1. The number of rotatable bonds is 2. The predicted octanol–water partition coefficient (Wildman–Crippen LogP) is 2.99. The molecule has 0 aliphatic carbocycles. The van der Waals surface area contributed by atoms with Crippen LogP contribution >= 0.6 is 0 Å². The summed E-state index contributed by atoms with van der Waals surface area (Å²) in [5.74, 6) is -0.372. The van der Waals surface area contributed by atoms with Crippen molar-refractivity contribution in [3.05, 3.63) is 59.4 Å². The van der Waals surface area contributed by atoms with Gasteiger partial charge in [0.2, 0.25) is 0 Å². The molecule has 126 valence electrons. The zero-order valence-electron chi connectivity index (χ0n) is 13.1. The maximum absolute atomic E-state index is 13.3. The van der Waals surface area contributed by atoms with Crippen LogP contribution in [0.4, 0.5) is 14.9 Å². The van der Waals surface area contributed by atoms with Crippen molar-refractivity contribution >= 4 is 21.7 Å². The first-order chi connectivity index (χ1) is 11.4. The van der Waals surface area contributed by atoms with Gasteiger partial charge in [0.05, 0.1) is 4.90 Å². The number of halogens is 1. The number of benzene rings is 2. The van der Waals surface area contributed by atoms with Gasteiger partial charge in [0.25, 0.3) is 10.0 Å². The van der Waals surface area contributed by atoms with Crippen LogP contribution in [-0.2, 0) is 16.4 Å². The lowest BCUT2D eigenvalue weighted by molar-refractivity contribution is 0.250. The molecule has 1 aliphatic heterocycles. The van der Waals surface area contributed by atoms with E-state index < -0.39 is 16.1 Å². The Labute approximate surface area is 140 Å². The van der Waals surface area contributed by atoms with Gasteiger partial charge in [-0.15, -0.1) is 0 Å². The van der Waals surface area contributed by atoms with Gasteiger partial charge in [-0.05, 0) is 55.7 Å².